The zero-order chi connectivity index (χ0) is 17.4. The van der Waals surface area contributed by atoms with Crippen LogP contribution in [0.4, 0.5) is 0 Å². The maximum Gasteiger partial charge on any atom is 0.215 e. The van der Waals surface area contributed by atoms with Gasteiger partial charge in [-0.2, -0.15) is 4.31 Å². The lowest BCUT2D eigenvalue weighted by Gasteiger charge is -2.16. The van der Waals surface area contributed by atoms with Gasteiger partial charge in [0.05, 0.1) is 17.8 Å². The molecular formula is C19H25NO2SSi. The number of hydrogen-bond acceptors (Lipinski definition) is 2. The molecule has 0 unspecified atom stereocenters. The highest BCUT2D eigenvalue weighted by Crippen LogP contribution is 2.56. The minimum atomic E-state index is -3.25. The molecule has 3 nitrogen and oxygen atoms in total. The van der Waals surface area contributed by atoms with E-state index in [0.717, 1.165) is 17.2 Å². The zero-order valence-electron chi connectivity index (χ0n) is 14.5. The van der Waals surface area contributed by atoms with Gasteiger partial charge in [-0.05, 0) is 17.2 Å². The molecule has 1 heterocycles. The highest BCUT2D eigenvalue weighted by Gasteiger charge is 2.56. The SMILES string of the molecule is C[Si](C)(C)CCS(=O)(=O)N1[C@@H](c2ccccc2)[C@@H]1c1ccccc1. The van der Waals surface area contributed by atoms with E-state index in [1.165, 1.54) is 0 Å². The van der Waals surface area contributed by atoms with Crippen molar-refractivity contribution in [2.45, 2.75) is 37.8 Å². The fraction of sp³-hybridized carbons (Fsp3) is 0.368. The largest absolute Gasteiger partial charge is 0.215 e. The summed E-state index contributed by atoms with van der Waals surface area (Å²) >= 11 is 0. The van der Waals surface area contributed by atoms with Crippen molar-refractivity contribution < 1.29 is 8.42 Å². The van der Waals surface area contributed by atoms with E-state index in [4.69, 9.17) is 0 Å². The van der Waals surface area contributed by atoms with Crippen LogP contribution in [0.5, 0.6) is 0 Å². The summed E-state index contributed by atoms with van der Waals surface area (Å²) in [5, 5.41) is 0. The van der Waals surface area contributed by atoms with Crippen LogP contribution in [0.3, 0.4) is 0 Å². The lowest BCUT2D eigenvalue weighted by molar-refractivity contribution is 0.548. The van der Waals surface area contributed by atoms with Gasteiger partial charge in [-0.25, -0.2) is 8.42 Å². The van der Waals surface area contributed by atoms with Crippen molar-refractivity contribution in [1.29, 1.82) is 0 Å². The lowest BCUT2D eigenvalue weighted by Crippen LogP contribution is -2.27. The summed E-state index contributed by atoms with van der Waals surface area (Å²) in [6.45, 7) is 6.65. The van der Waals surface area contributed by atoms with E-state index in [0.29, 0.717) is 0 Å². The molecule has 1 saturated heterocycles. The van der Waals surface area contributed by atoms with Crippen molar-refractivity contribution in [3.05, 3.63) is 71.8 Å². The van der Waals surface area contributed by atoms with E-state index in [1.807, 2.05) is 60.7 Å². The van der Waals surface area contributed by atoms with Crippen molar-refractivity contribution in [1.82, 2.24) is 4.31 Å². The Bertz CT molecular complexity index is 740. The topological polar surface area (TPSA) is 37.1 Å². The van der Waals surface area contributed by atoms with Gasteiger partial charge >= 0.3 is 0 Å². The summed E-state index contributed by atoms with van der Waals surface area (Å²) in [5.41, 5.74) is 2.14. The molecule has 3 rings (SSSR count). The number of sulfonamides is 1. The van der Waals surface area contributed by atoms with Crippen LogP contribution >= 0.6 is 0 Å². The molecule has 0 radical (unpaired) electrons. The van der Waals surface area contributed by atoms with E-state index in [1.54, 1.807) is 4.31 Å². The number of hydrogen-bond donors (Lipinski definition) is 0. The maximum absolute atomic E-state index is 13.0. The molecule has 0 aliphatic carbocycles. The van der Waals surface area contributed by atoms with Crippen LogP contribution in [0.2, 0.25) is 25.7 Å². The molecular weight excluding hydrogens is 334 g/mol. The summed E-state index contributed by atoms with van der Waals surface area (Å²) in [5.74, 6) is 0.259. The van der Waals surface area contributed by atoms with Crippen molar-refractivity contribution >= 4 is 18.1 Å². The van der Waals surface area contributed by atoms with Gasteiger partial charge in [0.25, 0.3) is 0 Å². The Hall–Kier alpha value is -1.43. The van der Waals surface area contributed by atoms with Crippen molar-refractivity contribution in [2.75, 3.05) is 5.75 Å². The maximum atomic E-state index is 13.0. The second-order valence-electron chi connectivity index (χ2n) is 7.67. The molecule has 0 saturated carbocycles. The summed E-state index contributed by atoms with van der Waals surface area (Å²) in [6.07, 6.45) is 0. The van der Waals surface area contributed by atoms with E-state index >= 15 is 0 Å². The summed E-state index contributed by atoms with van der Waals surface area (Å²) in [4.78, 5) is 0. The normalized spacial score (nSPS) is 23.9. The molecule has 0 N–H and O–H groups in total. The fourth-order valence-corrected chi connectivity index (χ4v) is 7.86. The van der Waals surface area contributed by atoms with Crippen LogP contribution in [0, 0.1) is 0 Å². The molecule has 2 atom stereocenters. The zero-order valence-corrected chi connectivity index (χ0v) is 16.3. The molecule has 2 aromatic rings. The molecule has 0 spiro atoms. The van der Waals surface area contributed by atoms with Crippen molar-refractivity contribution in [3.8, 4) is 0 Å². The molecule has 1 aliphatic heterocycles. The second kappa shape index (κ2) is 6.46. The Labute approximate surface area is 146 Å². The van der Waals surface area contributed by atoms with Gasteiger partial charge in [-0.15, -0.1) is 0 Å². The van der Waals surface area contributed by atoms with Gasteiger partial charge in [0.1, 0.15) is 0 Å². The number of nitrogens with zero attached hydrogens (tertiary/aromatic N) is 1. The Morgan fingerprint density at radius 3 is 1.62 bits per heavy atom. The first-order valence-electron chi connectivity index (χ1n) is 8.41. The molecule has 1 aliphatic rings. The van der Waals surface area contributed by atoms with E-state index in [9.17, 15) is 8.42 Å². The number of benzene rings is 2. The highest BCUT2D eigenvalue weighted by molar-refractivity contribution is 7.89. The predicted molar refractivity (Wildman–Crippen MR) is 102 cm³/mol. The quantitative estimate of drug-likeness (QED) is 0.564. The molecule has 5 heteroatoms. The van der Waals surface area contributed by atoms with Gasteiger partial charge in [-0.1, -0.05) is 80.3 Å². The molecule has 1 fully saturated rings. The van der Waals surface area contributed by atoms with Gasteiger partial charge in [-0.3, -0.25) is 0 Å². The third kappa shape index (κ3) is 3.79. The Morgan fingerprint density at radius 1 is 0.833 bits per heavy atom. The average molecular weight is 360 g/mol. The smallest absolute Gasteiger partial charge is 0.212 e. The Kier molecular flexibility index (Phi) is 4.68. The van der Waals surface area contributed by atoms with Gasteiger partial charge < -0.3 is 0 Å². The monoisotopic (exact) mass is 359 g/mol. The van der Waals surface area contributed by atoms with Gasteiger partial charge in [0, 0.05) is 8.07 Å². The summed E-state index contributed by atoms with van der Waals surface area (Å²) in [7, 11) is -4.64. The summed E-state index contributed by atoms with van der Waals surface area (Å²) in [6, 6.07) is 20.6. The molecule has 2 aromatic carbocycles. The first-order valence-corrected chi connectivity index (χ1v) is 13.7. The molecule has 0 bridgehead atoms. The van der Waals surface area contributed by atoms with Gasteiger partial charge in [0.2, 0.25) is 10.0 Å². The second-order valence-corrected chi connectivity index (χ2v) is 15.3. The highest BCUT2D eigenvalue weighted by atomic mass is 32.2. The summed E-state index contributed by atoms with van der Waals surface area (Å²) < 4.78 is 27.6. The Morgan fingerprint density at radius 2 is 1.25 bits per heavy atom. The third-order valence-electron chi connectivity index (χ3n) is 4.47. The van der Waals surface area contributed by atoms with Crippen LogP contribution in [-0.2, 0) is 10.0 Å². The molecule has 128 valence electrons. The van der Waals surface area contributed by atoms with Crippen LogP contribution < -0.4 is 0 Å². The predicted octanol–water partition coefficient (Wildman–Crippen LogP) is 4.45. The first kappa shape index (κ1) is 17.4. The van der Waals surface area contributed by atoms with Crippen LogP contribution in [-0.4, -0.2) is 26.5 Å². The van der Waals surface area contributed by atoms with E-state index in [-0.39, 0.29) is 17.8 Å². The standard InChI is InChI=1S/C19H25NO2SSi/c1-24(2,3)15-14-23(21,22)20-18(16-10-6-4-7-11-16)19(20)17-12-8-5-9-13-17/h4-13,18-19H,14-15H2,1-3H3/t18-,19-/m0/s1. The lowest BCUT2D eigenvalue weighted by atomic mass is 10.0. The number of rotatable bonds is 6. The van der Waals surface area contributed by atoms with Crippen LogP contribution in [0.1, 0.15) is 23.2 Å². The fourth-order valence-electron chi connectivity index (χ4n) is 3.06. The molecule has 24 heavy (non-hydrogen) atoms. The van der Waals surface area contributed by atoms with E-state index < -0.39 is 18.1 Å². The van der Waals surface area contributed by atoms with Crippen LogP contribution in [0.15, 0.2) is 60.7 Å². The molecule has 0 amide bonds. The minimum absolute atomic E-state index is 0.0692. The van der Waals surface area contributed by atoms with E-state index in [2.05, 4.69) is 19.6 Å². The van der Waals surface area contributed by atoms with Gasteiger partial charge in [0.15, 0.2) is 0 Å². The van der Waals surface area contributed by atoms with Crippen molar-refractivity contribution in [3.63, 3.8) is 0 Å². The third-order valence-corrected chi connectivity index (χ3v) is 8.40. The molecule has 0 aromatic heterocycles. The Balaban J connectivity index is 1.89. The average Bonchev–Trinajstić information content (AvgIpc) is 3.31. The van der Waals surface area contributed by atoms with Crippen molar-refractivity contribution in [2.24, 2.45) is 0 Å². The first-order chi connectivity index (χ1) is 11.3. The van der Waals surface area contributed by atoms with Crippen LogP contribution in [0.25, 0.3) is 0 Å². The minimum Gasteiger partial charge on any atom is -0.212 e.